The maximum absolute atomic E-state index is 14.4. The van der Waals surface area contributed by atoms with Crippen LogP contribution in [0.4, 0.5) is 32.2 Å². The van der Waals surface area contributed by atoms with Crippen molar-refractivity contribution in [3.8, 4) is 0 Å². The molecule has 0 unspecified atom stereocenters. The van der Waals surface area contributed by atoms with Gasteiger partial charge in [-0.3, -0.25) is 4.57 Å². The number of benzene rings is 2. The highest BCUT2D eigenvalue weighted by Gasteiger charge is 2.16. The fourth-order valence-corrected chi connectivity index (χ4v) is 3.83. The molecule has 0 spiro atoms. The number of hydrogen-bond donors (Lipinski definition) is 3. The molecule has 10 heteroatoms. The van der Waals surface area contributed by atoms with E-state index in [0.717, 1.165) is 10.9 Å². The van der Waals surface area contributed by atoms with Crippen molar-refractivity contribution in [3.63, 3.8) is 0 Å². The molecule has 1 amide bonds. The van der Waals surface area contributed by atoms with Gasteiger partial charge in [-0.2, -0.15) is 0 Å². The van der Waals surface area contributed by atoms with E-state index in [4.69, 9.17) is 17.3 Å². The first-order chi connectivity index (χ1) is 15.9. The molecule has 3 aromatic heterocycles. The van der Waals surface area contributed by atoms with Gasteiger partial charge in [-0.15, -0.1) is 0 Å². The van der Waals surface area contributed by atoms with E-state index in [1.54, 1.807) is 36.7 Å². The average molecular weight is 462 g/mol. The molecule has 164 valence electrons. The maximum atomic E-state index is 14.4. The van der Waals surface area contributed by atoms with Gasteiger partial charge in [-0.25, -0.2) is 24.1 Å². The van der Waals surface area contributed by atoms with Gasteiger partial charge >= 0.3 is 6.03 Å². The zero-order chi connectivity index (χ0) is 23.1. The van der Waals surface area contributed by atoms with Gasteiger partial charge in [0.25, 0.3) is 0 Å². The minimum absolute atomic E-state index is 0.00688. The molecule has 4 N–H and O–H groups in total. The molecule has 0 aliphatic carbocycles. The highest BCUT2D eigenvalue weighted by molar-refractivity contribution is 6.31. The molecular weight excluding hydrogens is 445 g/mol. The fourth-order valence-electron chi connectivity index (χ4n) is 3.66. The summed E-state index contributed by atoms with van der Waals surface area (Å²) in [6.07, 6.45) is 4.48. The molecule has 33 heavy (non-hydrogen) atoms. The van der Waals surface area contributed by atoms with Crippen molar-refractivity contribution < 1.29 is 9.18 Å². The number of carbonyl (C=O) groups excluding carboxylic acids is 1. The molecule has 2 aromatic carbocycles. The summed E-state index contributed by atoms with van der Waals surface area (Å²) in [6, 6.07) is 11.5. The highest BCUT2D eigenvalue weighted by atomic mass is 35.5. The number of nitrogens with zero attached hydrogens (tertiary/aromatic N) is 4. The predicted molar refractivity (Wildman–Crippen MR) is 128 cm³/mol. The molecule has 0 atom stereocenters. The zero-order valence-electron chi connectivity index (χ0n) is 17.3. The van der Waals surface area contributed by atoms with Crippen molar-refractivity contribution in [1.29, 1.82) is 0 Å². The number of halogens is 2. The van der Waals surface area contributed by atoms with E-state index in [0.29, 0.717) is 33.7 Å². The highest BCUT2D eigenvalue weighted by Crippen LogP contribution is 2.33. The number of aryl methyl sites for hydroxylation is 1. The standard InChI is InChI=1S/C23H17ClFN7O/c1-12-5-6-14-13(7-9-27-21(14)30-17-4-2-3-16(24)18(17)25)19(12)31-23(33)32-10-8-15-20(26)28-11-29-22(15)32/h2-11H,1H3,(H,27,30)(H,31,33)(H2,26,28,29). The van der Waals surface area contributed by atoms with Gasteiger partial charge in [-0.05, 0) is 36.8 Å². The van der Waals surface area contributed by atoms with E-state index in [2.05, 4.69) is 25.6 Å². The van der Waals surface area contributed by atoms with Crippen LogP contribution in [0.1, 0.15) is 5.56 Å². The first kappa shape index (κ1) is 20.7. The second kappa shape index (κ2) is 8.03. The van der Waals surface area contributed by atoms with Gasteiger partial charge in [0.05, 0.1) is 21.8 Å². The lowest BCUT2D eigenvalue weighted by atomic mass is 10.1. The smallest absolute Gasteiger partial charge is 0.331 e. The minimum atomic E-state index is -0.570. The van der Waals surface area contributed by atoms with Crippen molar-refractivity contribution in [2.75, 3.05) is 16.4 Å². The Balaban J connectivity index is 1.55. The first-order valence-electron chi connectivity index (χ1n) is 9.92. The van der Waals surface area contributed by atoms with Crippen LogP contribution in [-0.2, 0) is 0 Å². The number of amides is 1. The van der Waals surface area contributed by atoms with Gasteiger partial charge in [0, 0.05) is 23.2 Å². The second-order valence-corrected chi connectivity index (χ2v) is 7.76. The number of carbonyl (C=O) groups is 1. The molecule has 0 radical (unpaired) electrons. The lowest BCUT2D eigenvalue weighted by Crippen LogP contribution is -2.19. The van der Waals surface area contributed by atoms with Crippen LogP contribution in [0.15, 0.2) is 61.2 Å². The van der Waals surface area contributed by atoms with E-state index in [1.807, 2.05) is 19.1 Å². The van der Waals surface area contributed by atoms with Crippen molar-refractivity contribution in [2.45, 2.75) is 6.92 Å². The number of anilines is 4. The molecule has 0 aliphatic heterocycles. The molecular formula is C23H17ClFN7O. The van der Waals surface area contributed by atoms with E-state index in [9.17, 15) is 9.18 Å². The Labute approximate surface area is 192 Å². The Kier molecular flexibility index (Phi) is 5.02. The van der Waals surface area contributed by atoms with Gasteiger partial charge in [0.1, 0.15) is 18.0 Å². The summed E-state index contributed by atoms with van der Waals surface area (Å²) >= 11 is 5.90. The van der Waals surface area contributed by atoms with Gasteiger partial charge < -0.3 is 16.4 Å². The van der Waals surface area contributed by atoms with Crippen LogP contribution in [-0.4, -0.2) is 25.6 Å². The topological polar surface area (TPSA) is 111 Å². The molecule has 3 heterocycles. The normalized spacial score (nSPS) is 11.1. The largest absolute Gasteiger partial charge is 0.383 e. The van der Waals surface area contributed by atoms with Crippen molar-refractivity contribution in [1.82, 2.24) is 19.5 Å². The van der Waals surface area contributed by atoms with E-state index in [-0.39, 0.29) is 10.7 Å². The van der Waals surface area contributed by atoms with Crippen LogP contribution in [0.3, 0.4) is 0 Å². The summed E-state index contributed by atoms with van der Waals surface area (Å²) in [5.74, 6) is 0.151. The Morgan fingerprint density at radius 1 is 1.06 bits per heavy atom. The number of pyridine rings is 1. The minimum Gasteiger partial charge on any atom is -0.383 e. The van der Waals surface area contributed by atoms with Crippen LogP contribution in [0.25, 0.3) is 21.8 Å². The SMILES string of the molecule is Cc1ccc2c(Nc3cccc(Cl)c3F)nccc2c1NC(=O)n1ccc2c(N)ncnc21. The van der Waals surface area contributed by atoms with Crippen LogP contribution >= 0.6 is 11.6 Å². The summed E-state index contributed by atoms with van der Waals surface area (Å²) in [4.78, 5) is 25.6. The zero-order valence-corrected chi connectivity index (χ0v) is 18.1. The molecule has 0 fully saturated rings. The van der Waals surface area contributed by atoms with Gasteiger partial charge in [0.2, 0.25) is 0 Å². The van der Waals surface area contributed by atoms with Crippen molar-refractivity contribution in [3.05, 3.63) is 77.6 Å². The average Bonchev–Trinajstić information content (AvgIpc) is 3.24. The number of nitrogen functional groups attached to an aromatic ring is 1. The van der Waals surface area contributed by atoms with Gasteiger partial charge in [-0.1, -0.05) is 29.8 Å². The number of aromatic nitrogens is 4. The third-order valence-electron chi connectivity index (χ3n) is 5.32. The molecule has 5 aromatic rings. The number of nitrogens with two attached hydrogens (primary N) is 1. The molecule has 0 bridgehead atoms. The third kappa shape index (κ3) is 3.58. The Bertz CT molecular complexity index is 1550. The van der Waals surface area contributed by atoms with Gasteiger partial charge in [0.15, 0.2) is 11.5 Å². The van der Waals surface area contributed by atoms with Crippen LogP contribution < -0.4 is 16.4 Å². The molecule has 0 aliphatic rings. The Morgan fingerprint density at radius 2 is 1.91 bits per heavy atom. The number of rotatable bonds is 3. The van der Waals surface area contributed by atoms with E-state index in [1.165, 1.54) is 17.0 Å². The van der Waals surface area contributed by atoms with Crippen LogP contribution in [0.2, 0.25) is 5.02 Å². The van der Waals surface area contributed by atoms with E-state index >= 15 is 0 Å². The van der Waals surface area contributed by atoms with Crippen LogP contribution in [0, 0.1) is 12.7 Å². The predicted octanol–water partition coefficient (Wildman–Crippen LogP) is 5.49. The Morgan fingerprint density at radius 3 is 2.76 bits per heavy atom. The summed E-state index contributed by atoms with van der Waals surface area (Å²) in [6.45, 7) is 1.88. The van der Waals surface area contributed by atoms with E-state index < -0.39 is 11.8 Å². The first-order valence-corrected chi connectivity index (χ1v) is 10.3. The van der Waals surface area contributed by atoms with Crippen molar-refractivity contribution in [2.24, 2.45) is 0 Å². The number of hydrogen-bond acceptors (Lipinski definition) is 6. The molecule has 8 nitrogen and oxygen atoms in total. The monoisotopic (exact) mass is 461 g/mol. The summed E-state index contributed by atoms with van der Waals surface area (Å²) in [7, 11) is 0. The quantitative estimate of drug-likeness (QED) is 0.328. The molecule has 0 saturated heterocycles. The summed E-state index contributed by atoms with van der Waals surface area (Å²) in [5.41, 5.74) is 7.91. The van der Waals surface area contributed by atoms with Crippen molar-refractivity contribution >= 4 is 62.4 Å². The lowest BCUT2D eigenvalue weighted by molar-refractivity contribution is 0.254. The summed E-state index contributed by atoms with van der Waals surface area (Å²) < 4.78 is 15.8. The fraction of sp³-hybridized carbons (Fsp3) is 0.0435. The third-order valence-corrected chi connectivity index (χ3v) is 5.61. The second-order valence-electron chi connectivity index (χ2n) is 7.35. The molecule has 5 rings (SSSR count). The summed E-state index contributed by atoms with van der Waals surface area (Å²) in [5, 5.41) is 7.96. The Hall–Kier alpha value is -4.24. The lowest BCUT2D eigenvalue weighted by Gasteiger charge is -2.15. The number of fused-ring (bicyclic) bond motifs is 2. The molecule has 0 saturated carbocycles. The maximum Gasteiger partial charge on any atom is 0.331 e. The number of nitrogens with one attached hydrogen (secondary N) is 2. The van der Waals surface area contributed by atoms with Crippen LogP contribution in [0.5, 0.6) is 0 Å².